The Kier molecular flexibility index (Phi) is 5.26. The first kappa shape index (κ1) is 14.0. The predicted molar refractivity (Wildman–Crippen MR) is 71.8 cm³/mol. The molecule has 1 rings (SSSR count). The fourth-order valence-electron chi connectivity index (χ4n) is 2.84. The van der Waals surface area contributed by atoms with E-state index in [1.54, 1.807) is 0 Å². The van der Waals surface area contributed by atoms with Crippen molar-refractivity contribution in [2.24, 2.45) is 11.8 Å². The molecule has 0 spiro atoms. The number of piperidine rings is 1. The first-order valence-corrected chi connectivity index (χ1v) is 6.88. The molecule has 0 aliphatic carbocycles. The molecule has 1 saturated heterocycles. The van der Waals surface area contributed by atoms with Crippen LogP contribution in [0.4, 0.5) is 0 Å². The molecule has 16 heavy (non-hydrogen) atoms. The number of hydrogen-bond donors (Lipinski definition) is 1. The summed E-state index contributed by atoms with van der Waals surface area (Å²) in [6.45, 7) is 13.2. The van der Waals surface area contributed by atoms with Crippen LogP contribution < -0.4 is 5.32 Å². The highest BCUT2D eigenvalue weighted by atomic mass is 15.2. The maximum Gasteiger partial charge on any atom is 0.0193 e. The summed E-state index contributed by atoms with van der Waals surface area (Å²) in [6, 6.07) is 0. The molecular formula is C14H30N2. The molecule has 1 N–H and O–H groups in total. The third-order valence-electron chi connectivity index (χ3n) is 4.22. The second-order valence-electron chi connectivity index (χ2n) is 6.22. The van der Waals surface area contributed by atoms with Crippen molar-refractivity contribution in [3.8, 4) is 0 Å². The Bertz CT molecular complexity index is 197. The Labute approximate surface area is 102 Å². The van der Waals surface area contributed by atoms with Gasteiger partial charge in [-0.2, -0.15) is 0 Å². The minimum Gasteiger partial charge on any atom is -0.319 e. The van der Waals surface area contributed by atoms with Crippen molar-refractivity contribution < 1.29 is 0 Å². The van der Waals surface area contributed by atoms with Crippen LogP contribution in [0.25, 0.3) is 0 Å². The van der Waals surface area contributed by atoms with Crippen LogP contribution >= 0.6 is 0 Å². The first-order valence-electron chi connectivity index (χ1n) is 6.88. The molecule has 0 aromatic carbocycles. The van der Waals surface area contributed by atoms with Gasteiger partial charge in [-0.05, 0) is 71.6 Å². The molecule has 1 atom stereocenters. The highest BCUT2D eigenvalue weighted by Gasteiger charge is 2.37. The quantitative estimate of drug-likeness (QED) is 0.775. The summed E-state index contributed by atoms with van der Waals surface area (Å²) >= 11 is 0. The second kappa shape index (κ2) is 6.02. The molecule has 1 unspecified atom stereocenters. The van der Waals surface area contributed by atoms with E-state index in [1.165, 1.54) is 32.4 Å². The summed E-state index contributed by atoms with van der Waals surface area (Å²) < 4.78 is 0. The number of nitrogens with zero attached hydrogens (tertiary/aromatic N) is 1. The van der Waals surface area contributed by atoms with E-state index in [2.05, 4.69) is 45.0 Å². The van der Waals surface area contributed by atoms with Gasteiger partial charge in [0, 0.05) is 5.54 Å². The van der Waals surface area contributed by atoms with E-state index < -0.39 is 0 Å². The van der Waals surface area contributed by atoms with Gasteiger partial charge in [0.25, 0.3) is 0 Å². The Balaban J connectivity index is 2.55. The van der Waals surface area contributed by atoms with Crippen molar-refractivity contribution in [3.05, 3.63) is 0 Å². The molecule has 1 heterocycles. The van der Waals surface area contributed by atoms with Crippen LogP contribution in [0, 0.1) is 11.8 Å². The van der Waals surface area contributed by atoms with Gasteiger partial charge in [0.1, 0.15) is 0 Å². The lowest BCUT2D eigenvalue weighted by molar-refractivity contribution is 0.0197. The second-order valence-corrected chi connectivity index (χ2v) is 6.22. The lowest BCUT2D eigenvalue weighted by atomic mass is 9.78. The van der Waals surface area contributed by atoms with Gasteiger partial charge in [0.2, 0.25) is 0 Å². The first-order chi connectivity index (χ1) is 7.48. The number of rotatable bonds is 5. The Morgan fingerprint density at radius 3 is 2.62 bits per heavy atom. The van der Waals surface area contributed by atoms with Crippen LogP contribution in [0.15, 0.2) is 0 Å². The van der Waals surface area contributed by atoms with E-state index in [0.29, 0.717) is 5.54 Å². The zero-order valence-electron chi connectivity index (χ0n) is 11.8. The third kappa shape index (κ3) is 3.46. The summed E-state index contributed by atoms with van der Waals surface area (Å²) in [5, 5.41) is 3.35. The summed E-state index contributed by atoms with van der Waals surface area (Å²) in [5.41, 5.74) is 0.371. The maximum atomic E-state index is 3.35. The van der Waals surface area contributed by atoms with Gasteiger partial charge in [-0.3, -0.25) is 4.90 Å². The topological polar surface area (TPSA) is 15.3 Å². The fraction of sp³-hybridized carbons (Fsp3) is 1.00. The molecule has 1 fully saturated rings. The van der Waals surface area contributed by atoms with Crippen LogP contribution in [-0.2, 0) is 0 Å². The molecule has 0 bridgehead atoms. The van der Waals surface area contributed by atoms with Crippen LogP contribution in [0.1, 0.15) is 47.0 Å². The fourth-order valence-corrected chi connectivity index (χ4v) is 2.84. The van der Waals surface area contributed by atoms with Crippen molar-refractivity contribution in [1.82, 2.24) is 10.2 Å². The van der Waals surface area contributed by atoms with Crippen LogP contribution in [-0.4, -0.2) is 37.1 Å². The predicted octanol–water partition coefficient (Wildman–Crippen LogP) is 2.74. The molecule has 1 aliphatic rings. The Morgan fingerprint density at radius 2 is 2.06 bits per heavy atom. The van der Waals surface area contributed by atoms with Crippen molar-refractivity contribution >= 4 is 0 Å². The lowest BCUT2D eigenvalue weighted by Gasteiger charge is -2.48. The largest absolute Gasteiger partial charge is 0.319 e. The molecule has 0 radical (unpaired) electrons. The monoisotopic (exact) mass is 226 g/mol. The SMILES string of the molecule is CNCC1CCCN(CCC(C)C)C1(C)C. The molecule has 2 nitrogen and oxygen atoms in total. The summed E-state index contributed by atoms with van der Waals surface area (Å²) in [6.07, 6.45) is 4.08. The van der Waals surface area contributed by atoms with E-state index in [4.69, 9.17) is 0 Å². The Morgan fingerprint density at radius 1 is 1.38 bits per heavy atom. The average Bonchev–Trinajstić information content (AvgIpc) is 2.19. The number of nitrogens with one attached hydrogen (secondary N) is 1. The Hall–Kier alpha value is -0.0800. The average molecular weight is 226 g/mol. The maximum absolute atomic E-state index is 3.35. The summed E-state index contributed by atoms with van der Waals surface area (Å²) in [5.74, 6) is 1.62. The van der Waals surface area contributed by atoms with Gasteiger partial charge >= 0.3 is 0 Å². The van der Waals surface area contributed by atoms with E-state index in [-0.39, 0.29) is 0 Å². The molecule has 96 valence electrons. The number of likely N-dealkylation sites (tertiary alicyclic amines) is 1. The molecule has 0 amide bonds. The molecule has 1 aliphatic heterocycles. The van der Waals surface area contributed by atoms with Gasteiger partial charge in [-0.25, -0.2) is 0 Å². The summed E-state index contributed by atoms with van der Waals surface area (Å²) in [4.78, 5) is 2.71. The van der Waals surface area contributed by atoms with Crippen LogP contribution in [0.2, 0.25) is 0 Å². The molecule has 0 aromatic heterocycles. The van der Waals surface area contributed by atoms with Crippen molar-refractivity contribution in [2.45, 2.75) is 52.5 Å². The van der Waals surface area contributed by atoms with Gasteiger partial charge in [0.15, 0.2) is 0 Å². The molecular weight excluding hydrogens is 196 g/mol. The van der Waals surface area contributed by atoms with Crippen molar-refractivity contribution in [1.29, 1.82) is 0 Å². The van der Waals surface area contributed by atoms with Crippen molar-refractivity contribution in [2.75, 3.05) is 26.7 Å². The molecule has 2 heteroatoms. The van der Waals surface area contributed by atoms with E-state index >= 15 is 0 Å². The summed E-state index contributed by atoms with van der Waals surface area (Å²) in [7, 11) is 2.07. The van der Waals surface area contributed by atoms with E-state index in [9.17, 15) is 0 Å². The van der Waals surface area contributed by atoms with Crippen LogP contribution in [0.3, 0.4) is 0 Å². The lowest BCUT2D eigenvalue weighted by Crippen LogP contribution is -2.55. The minimum atomic E-state index is 0.371. The highest BCUT2D eigenvalue weighted by molar-refractivity contribution is 4.93. The number of hydrogen-bond acceptors (Lipinski definition) is 2. The highest BCUT2D eigenvalue weighted by Crippen LogP contribution is 2.33. The van der Waals surface area contributed by atoms with Gasteiger partial charge in [-0.1, -0.05) is 13.8 Å². The normalized spacial score (nSPS) is 26.2. The zero-order chi connectivity index (χ0) is 12.2. The standard InChI is InChI=1S/C14H30N2/c1-12(2)8-10-16-9-6-7-13(11-15-5)14(16,3)4/h12-13,15H,6-11H2,1-5H3. The van der Waals surface area contributed by atoms with Crippen molar-refractivity contribution in [3.63, 3.8) is 0 Å². The smallest absolute Gasteiger partial charge is 0.0193 e. The van der Waals surface area contributed by atoms with E-state index in [0.717, 1.165) is 18.4 Å². The van der Waals surface area contributed by atoms with Gasteiger partial charge in [-0.15, -0.1) is 0 Å². The zero-order valence-corrected chi connectivity index (χ0v) is 11.8. The van der Waals surface area contributed by atoms with Gasteiger partial charge < -0.3 is 5.32 Å². The van der Waals surface area contributed by atoms with Crippen LogP contribution in [0.5, 0.6) is 0 Å². The third-order valence-corrected chi connectivity index (χ3v) is 4.22. The minimum absolute atomic E-state index is 0.371. The molecule has 0 aromatic rings. The van der Waals surface area contributed by atoms with E-state index in [1.807, 2.05) is 0 Å². The van der Waals surface area contributed by atoms with Gasteiger partial charge in [0.05, 0.1) is 0 Å². The molecule has 0 saturated carbocycles.